The number of aliphatic hydroxyl groups is 1. The number of para-hydroxylation sites is 3. The molecule has 3 aromatic rings. The first-order chi connectivity index (χ1) is 14.5. The van der Waals surface area contributed by atoms with Crippen LogP contribution >= 0.6 is 0 Å². The van der Waals surface area contributed by atoms with Crippen LogP contribution in [0.25, 0.3) is 11.0 Å². The number of benzene rings is 2. The largest absolute Gasteiger partial charge is 0.490 e. The van der Waals surface area contributed by atoms with E-state index in [2.05, 4.69) is 9.88 Å². The zero-order valence-corrected chi connectivity index (χ0v) is 17.1. The molecule has 1 fully saturated rings. The summed E-state index contributed by atoms with van der Waals surface area (Å²) in [6.45, 7) is 3.74. The van der Waals surface area contributed by atoms with Crippen LogP contribution in [0.5, 0.6) is 5.75 Å². The average Bonchev–Trinajstić information content (AvgIpc) is 3.08. The molecular weight excluding hydrogens is 382 g/mol. The van der Waals surface area contributed by atoms with E-state index in [0.717, 1.165) is 37.0 Å². The molecule has 0 radical (unpaired) electrons. The fourth-order valence-electron chi connectivity index (χ4n) is 4.22. The molecule has 158 valence electrons. The van der Waals surface area contributed by atoms with E-state index in [0.29, 0.717) is 17.9 Å². The molecule has 7 heteroatoms. The molecule has 0 aliphatic carbocycles. The SMILES string of the molecule is CC(=O)c1ccccc1OCC(O)CN1CCC(n2c(=O)[nH]c3ccccc32)CC1. The number of H-pyrrole nitrogens is 1. The van der Waals surface area contributed by atoms with Gasteiger partial charge in [0.05, 0.1) is 16.6 Å². The average molecular weight is 409 g/mol. The number of hydrogen-bond donors (Lipinski definition) is 2. The summed E-state index contributed by atoms with van der Waals surface area (Å²) < 4.78 is 7.56. The van der Waals surface area contributed by atoms with Crippen molar-refractivity contribution in [1.29, 1.82) is 0 Å². The molecule has 1 aliphatic rings. The number of carbonyl (C=O) groups is 1. The number of aliphatic hydroxyl groups excluding tert-OH is 1. The van der Waals surface area contributed by atoms with Crippen LogP contribution in [-0.4, -0.2) is 57.7 Å². The molecule has 0 spiro atoms. The van der Waals surface area contributed by atoms with Crippen LogP contribution in [0.2, 0.25) is 0 Å². The number of β-amino-alcohol motifs (C(OH)–C–C–N with tert-alkyl or cyclic N) is 1. The highest BCUT2D eigenvalue weighted by molar-refractivity contribution is 5.96. The van der Waals surface area contributed by atoms with E-state index in [1.807, 2.05) is 34.9 Å². The summed E-state index contributed by atoms with van der Waals surface area (Å²) in [6.07, 6.45) is 1.04. The molecule has 1 aromatic heterocycles. The number of carbonyl (C=O) groups excluding carboxylic acids is 1. The van der Waals surface area contributed by atoms with Crippen molar-refractivity contribution >= 4 is 16.8 Å². The van der Waals surface area contributed by atoms with E-state index in [4.69, 9.17) is 4.74 Å². The van der Waals surface area contributed by atoms with Gasteiger partial charge in [-0.1, -0.05) is 24.3 Å². The van der Waals surface area contributed by atoms with Gasteiger partial charge in [-0.2, -0.15) is 0 Å². The normalized spacial score (nSPS) is 16.6. The highest BCUT2D eigenvalue weighted by Crippen LogP contribution is 2.25. The van der Waals surface area contributed by atoms with E-state index in [1.165, 1.54) is 6.92 Å². The Labute approximate surface area is 174 Å². The van der Waals surface area contributed by atoms with Crippen LogP contribution in [0.3, 0.4) is 0 Å². The summed E-state index contributed by atoms with van der Waals surface area (Å²) in [4.78, 5) is 29.2. The van der Waals surface area contributed by atoms with Crippen molar-refractivity contribution in [2.75, 3.05) is 26.2 Å². The monoisotopic (exact) mass is 409 g/mol. The second-order valence-corrected chi connectivity index (χ2v) is 7.87. The number of hydrogen-bond acceptors (Lipinski definition) is 5. The Morgan fingerprint density at radius 1 is 1.17 bits per heavy atom. The maximum absolute atomic E-state index is 12.4. The number of imidazole rings is 1. The minimum absolute atomic E-state index is 0.0605. The lowest BCUT2D eigenvalue weighted by Gasteiger charge is -2.33. The molecule has 7 nitrogen and oxygen atoms in total. The molecule has 1 atom stereocenters. The minimum Gasteiger partial charge on any atom is -0.490 e. The smallest absolute Gasteiger partial charge is 0.326 e. The number of aromatic amines is 1. The van der Waals surface area contributed by atoms with E-state index < -0.39 is 6.10 Å². The van der Waals surface area contributed by atoms with Gasteiger partial charge in [-0.05, 0) is 44.0 Å². The minimum atomic E-state index is -0.655. The number of ketones is 1. The summed E-state index contributed by atoms with van der Waals surface area (Å²) >= 11 is 0. The topological polar surface area (TPSA) is 87.6 Å². The first kappa shape index (κ1) is 20.4. The highest BCUT2D eigenvalue weighted by Gasteiger charge is 2.25. The van der Waals surface area contributed by atoms with Crippen LogP contribution in [0.4, 0.5) is 0 Å². The zero-order chi connectivity index (χ0) is 21.1. The van der Waals surface area contributed by atoms with Gasteiger partial charge in [0.1, 0.15) is 18.5 Å². The molecule has 0 saturated carbocycles. The quantitative estimate of drug-likeness (QED) is 0.586. The molecule has 2 aromatic carbocycles. The second-order valence-electron chi connectivity index (χ2n) is 7.87. The fourth-order valence-corrected chi connectivity index (χ4v) is 4.22. The van der Waals surface area contributed by atoms with E-state index >= 15 is 0 Å². The molecule has 30 heavy (non-hydrogen) atoms. The van der Waals surface area contributed by atoms with Crippen molar-refractivity contribution in [2.45, 2.75) is 31.9 Å². The summed E-state index contributed by atoms with van der Waals surface area (Å²) in [6, 6.07) is 15.0. The molecule has 2 N–H and O–H groups in total. The lowest BCUT2D eigenvalue weighted by molar-refractivity contribution is 0.0555. The number of nitrogens with zero attached hydrogens (tertiary/aromatic N) is 2. The van der Waals surface area contributed by atoms with Crippen LogP contribution in [0.15, 0.2) is 53.3 Å². The van der Waals surface area contributed by atoms with Gasteiger partial charge in [0.2, 0.25) is 0 Å². The van der Waals surface area contributed by atoms with Gasteiger partial charge in [-0.25, -0.2) is 4.79 Å². The lowest BCUT2D eigenvalue weighted by atomic mass is 10.0. The van der Waals surface area contributed by atoms with E-state index in [-0.39, 0.29) is 24.1 Å². The third-order valence-electron chi connectivity index (χ3n) is 5.71. The van der Waals surface area contributed by atoms with Gasteiger partial charge < -0.3 is 19.7 Å². The first-order valence-corrected chi connectivity index (χ1v) is 10.4. The number of piperidine rings is 1. The fraction of sp³-hybridized carbons (Fsp3) is 0.391. The van der Waals surface area contributed by atoms with Crippen LogP contribution in [0.1, 0.15) is 36.2 Å². The summed E-state index contributed by atoms with van der Waals surface area (Å²) in [5, 5.41) is 10.4. The number of nitrogens with one attached hydrogen (secondary N) is 1. The van der Waals surface area contributed by atoms with Gasteiger partial charge in [0.15, 0.2) is 5.78 Å². The highest BCUT2D eigenvalue weighted by atomic mass is 16.5. The van der Waals surface area contributed by atoms with Crippen LogP contribution < -0.4 is 10.4 Å². The van der Waals surface area contributed by atoms with Gasteiger partial charge in [0.25, 0.3) is 0 Å². The third kappa shape index (κ3) is 4.32. The number of aromatic nitrogens is 2. The Morgan fingerprint density at radius 3 is 2.63 bits per heavy atom. The van der Waals surface area contributed by atoms with E-state index in [9.17, 15) is 14.7 Å². The second kappa shape index (κ2) is 8.85. The molecule has 4 rings (SSSR count). The third-order valence-corrected chi connectivity index (χ3v) is 5.71. The van der Waals surface area contributed by atoms with Gasteiger partial charge in [0, 0.05) is 25.7 Å². The predicted molar refractivity (Wildman–Crippen MR) is 115 cm³/mol. The number of Topliss-reactive ketones (excluding diaryl/α,β-unsaturated/α-hetero) is 1. The lowest BCUT2D eigenvalue weighted by Crippen LogP contribution is -2.42. The van der Waals surface area contributed by atoms with Gasteiger partial charge in [-0.3, -0.25) is 9.36 Å². The van der Waals surface area contributed by atoms with Crippen LogP contribution in [-0.2, 0) is 0 Å². The predicted octanol–water partition coefficient (Wildman–Crippen LogP) is 2.61. The van der Waals surface area contributed by atoms with Crippen molar-refractivity contribution in [3.63, 3.8) is 0 Å². The molecule has 1 unspecified atom stereocenters. The number of fused-ring (bicyclic) bond motifs is 1. The number of ether oxygens (including phenoxy) is 1. The molecular formula is C23H27N3O4. The molecule has 0 bridgehead atoms. The maximum Gasteiger partial charge on any atom is 0.326 e. The number of likely N-dealkylation sites (tertiary alicyclic amines) is 1. The Kier molecular flexibility index (Phi) is 6.01. The molecule has 1 saturated heterocycles. The Bertz CT molecular complexity index is 1080. The van der Waals surface area contributed by atoms with Crippen LogP contribution in [0, 0.1) is 0 Å². The Hall–Kier alpha value is -2.90. The van der Waals surface area contributed by atoms with Crippen molar-refractivity contribution < 1.29 is 14.6 Å². The Balaban J connectivity index is 1.31. The maximum atomic E-state index is 12.4. The van der Waals surface area contributed by atoms with Crippen molar-refractivity contribution in [1.82, 2.24) is 14.5 Å². The van der Waals surface area contributed by atoms with E-state index in [1.54, 1.807) is 18.2 Å². The summed E-state index contributed by atoms with van der Waals surface area (Å²) in [5.74, 6) is 0.441. The molecule has 2 heterocycles. The van der Waals surface area contributed by atoms with Gasteiger partial charge in [-0.15, -0.1) is 0 Å². The van der Waals surface area contributed by atoms with Crippen molar-refractivity contribution in [3.8, 4) is 5.75 Å². The van der Waals surface area contributed by atoms with Gasteiger partial charge >= 0.3 is 5.69 Å². The summed E-state index contributed by atoms with van der Waals surface area (Å²) in [5.41, 5.74) is 2.27. The number of rotatable bonds is 7. The van der Waals surface area contributed by atoms with Crippen molar-refractivity contribution in [2.24, 2.45) is 0 Å². The Morgan fingerprint density at radius 2 is 1.87 bits per heavy atom. The first-order valence-electron chi connectivity index (χ1n) is 10.4. The zero-order valence-electron chi connectivity index (χ0n) is 17.1. The molecule has 1 aliphatic heterocycles. The molecule has 0 amide bonds. The standard InChI is InChI=1S/C23H27N3O4/c1-16(27)19-6-2-5-9-22(19)30-15-18(28)14-25-12-10-17(11-13-25)26-21-8-4-3-7-20(21)24-23(26)29/h2-9,17-18,28H,10-15H2,1H3,(H,24,29). The summed E-state index contributed by atoms with van der Waals surface area (Å²) in [7, 11) is 0. The van der Waals surface area contributed by atoms with Crippen molar-refractivity contribution in [3.05, 3.63) is 64.6 Å².